The predicted molar refractivity (Wildman–Crippen MR) is 182 cm³/mol. The Morgan fingerprint density at radius 3 is 2.31 bits per heavy atom. The molecule has 4 heterocycles. The number of urea groups is 1. The van der Waals surface area contributed by atoms with Crippen molar-refractivity contribution in [3.8, 4) is 0 Å². The Balaban J connectivity index is 1.14. The summed E-state index contributed by atoms with van der Waals surface area (Å²) in [5.74, 6) is -0.114. The Labute approximate surface area is 278 Å². The first-order valence-corrected chi connectivity index (χ1v) is 16.7. The largest absolute Gasteiger partial charge is 0.397 e. The number of fused-ring (bicyclic) bond motifs is 1. The van der Waals surface area contributed by atoms with Gasteiger partial charge < -0.3 is 30.7 Å². The fourth-order valence-corrected chi connectivity index (χ4v) is 7.61. The molecule has 13 heteroatoms. The van der Waals surface area contributed by atoms with Gasteiger partial charge in [-0.05, 0) is 99.2 Å². The number of nitrogens with zero attached hydrogens (tertiary/aromatic N) is 5. The maximum atomic E-state index is 14.0. The molecule has 3 amide bonds. The predicted octanol–water partition coefficient (Wildman–Crippen LogP) is 4.45. The number of piperidine rings is 1. The fraction of sp³-hybridized carbons (Fsp3) is 0.375. The minimum atomic E-state index is -0.760. The lowest BCUT2D eigenvalue weighted by atomic mass is 10.0. The van der Waals surface area contributed by atoms with Crippen LogP contribution in [0, 0.1) is 6.92 Å². The monoisotopic (exact) mass is 738 g/mol. The number of piperazine rings is 1. The van der Waals surface area contributed by atoms with Crippen molar-refractivity contribution in [1.29, 1.82) is 0 Å². The molecule has 11 nitrogen and oxygen atoms in total. The van der Waals surface area contributed by atoms with Gasteiger partial charge in [0.05, 0.1) is 16.7 Å². The zero-order valence-electron chi connectivity index (χ0n) is 25.0. The van der Waals surface area contributed by atoms with Crippen LogP contribution in [0.15, 0.2) is 68.6 Å². The van der Waals surface area contributed by atoms with Crippen LogP contribution < -0.4 is 21.6 Å². The molecular formula is C32H36Br2N8O3. The van der Waals surface area contributed by atoms with Gasteiger partial charge in [-0.3, -0.25) is 14.3 Å². The van der Waals surface area contributed by atoms with Gasteiger partial charge in [0.1, 0.15) is 6.04 Å². The molecule has 4 N–H and O–H groups in total. The average Bonchev–Trinajstić information content (AvgIpc) is 3.38. The number of likely N-dealkylation sites (tertiary alicyclic amines) is 1. The molecule has 2 fully saturated rings. The summed E-state index contributed by atoms with van der Waals surface area (Å²) in [4.78, 5) is 53.3. The van der Waals surface area contributed by atoms with Crippen LogP contribution in [0.1, 0.15) is 30.0 Å². The first kappa shape index (κ1) is 31.2. The lowest BCUT2D eigenvalue weighted by Gasteiger charge is -2.38. The number of carbonyl (C=O) groups excluding carboxylic acids is 2. The number of amides is 3. The number of H-pyrrole nitrogens is 1. The molecule has 0 radical (unpaired) electrons. The summed E-state index contributed by atoms with van der Waals surface area (Å²) in [5.41, 5.74) is 11.3. The number of aromatic amines is 1. The second-order valence-corrected chi connectivity index (χ2v) is 13.4. The maximum absolute atomic E-state index is 14.0. The van der Waals surface area contributed by atoms with E-state index in [2.05, 4.69) is 52.0 Å². The van der Waals surface area contributed by atoms with E-state index in [9.17, 15) is 14.4 Å². The van der Waals surface area contributed by atoms with E-state index in [0.29, 0.717) is 64.2 Å². The van der Waals surface area contributed by atoms with E-state index in [-0.39, 0.29) is 23.7 Å². The highest BCUT2D eigenvalue weighted by atomic mass is 79.9. The van der Waals surface area contributed by atoms with Crippen molar-refractivity contribution in [1.82, 2.24) is 29.7 Å². The highest BCUT2D eigenvalue weighted by Crippen LogP contribution is 2.30. The summed E-state index contributed by atoms with van der Waals surface area (Å²) in [6.07, 6.45) is 5.13. The minimum absolute atomic E-state index is 0.0170. The molecule has 0 aliphatic carbocycles. The number of nitrogens with one attached hydrogen (secondary N) is 2. The Kier molecular flexibility index (Phi) is 9.18. The van der Waals surface area contributed by atoms with Crippen molar-refractivity contribution in [3.63, 3.8) is 0 Å². The standard InChI is InChI=1S/C32H36Br2N8O3/c1-20-2-3-28-26(16-20)37-32(45)42(28)23-6-10-41(11-7-23)31(44)38-27(19-21-17-24(33)29(35)25(34)18-21)30(43)40-14-12-39(13-15-40)22-4-8-36-9-5-22/h2-5,8-9,16-18,23,27H,6-7,10-15,19,35H2,1H3,(H,37,45)(H,38,44)/t27-/m1/s1. The summed E-state index contributed by atoms with van der Waals surface area (Å²) in [7, 11) is 0. The summed E-state index contributed by atoms with van der Waals surface area (Å²) in [5, 5.41) is 3.06. The van der Waals surface area contributed by atoms with Crippen molar-refractivity contribution in [2.45, 2.75) is 38.3 Å². The summed E-state index contributed by atoms with van der Waals surface area (Å²) < 4.78 is 3.26. The number of hydrogen-bond donors (Lipinski definition) is 3. The number of aryl methyl sites for hydroxylation is 1. The third-order valence-corrected chi connectivity index (χ3v) is 10.1. The first-order valence-electron chi connectivity index (χ1n) is 15.1. The van der Waals surface area contributed by atoms with Crippen molar-refractivity contribution >= 4 is 66.2 Å². The van der Waals surface area contributed by atoms with Gasteiger partial charge in [-0.1, -0.05) is 6.07 Å². The van der Waals surface area contributed by atoms with Crippen LogP contribution in [0.5, 0.6) is 0 Å². The third kappa shape index (κ3) is 6.74. The molecule has 2 aliphatic heterocycles. The average molecular weight is 741 g/mol. The smallest absolute Gasteiger partial charge is 0.326 e. The maximum Gasteiger partial charge on any atom is 0.326 e. The van der Waals surface area contributed by atoms with E-state index in [0.717, 1.165) is 36.8 Å². The molecule has 0 unspecified atom stereocenters. The first-order chi connectivity index (χ1) is 21.7. The van der Waals surface area contributed by atoms with E-state index >= 15 is 0 Å². The van der Waals surface area contributed by atoms with E-state index in [1.54, 1.807) is 17.3 Å². The van der Waals surface area contributed by atoms with Gasteiger partial charge in [0.25, 0.3) is 0 Å². The lowest BCUT2D eigenvalue weighted by Crippen LogP contribution is -2.57. The molecular weight excluding hydrogens is 704 g/mol. The van der Waals surface area contributed by atoms with Crippen LogP contribution in [-0.4, -0.2) is 81.6 Å². The summed E-state index contributed by atoms with van der Waals surface area (Å²) in [6, 6.07) is 12.6. The number of rotatable bonds is 6. The van der Waals surface area contributed by atoms with Crippen LogP contribution in [0.2, 0.25) is 0 Å². The minimum Gasteiger partial charge on any atom is -0.397 e. The highest BCUT2D eigenvalue weighted by Gasteiger charge is 2.32. The molecule has 0 spiro atoms. The molecule has 0 bridgehead atoms. The molecule has 0 saturated carbocycles. The van der Waals surface area contributed by atoms with Crippen LogP contribution >= 0.6 is 31.9 Å². The van der Waals surface area contributed by atoms with E-state index < -0.39 is 6.04 Å². The van der Waals surface area contributed by atoms with Gasteiger partial charge >= 0.3 is 11.7 Å². The molecule has 2 aromatic carbocycles. The number of imidazole rings is 1. The van der Waals surface area contributed by atoms with Crippen LogP contribution in [0.4, 0.5) is 16.2 Å². The van der Waals surface area contributed by atoms with Gasteiger partial charge in [-0.25, -0.2) is 9.59 Å². The van der Waals surface area contributed by atoms with Crippen LogP contribution in [-0.2, 0) is 11.2 Å². The number of halogens is 2. The Bertz CT molecular complexity index is 1740. The van der Waals surface area contributed by atoms with Gasteiger partial charge in [0, 0.05) is 78.8 Å². The Morgan fingerprint density at radius 1 is 0.978 bits per heavy atom. The number of pyridine rings is 1. The molecule has 2 aliphatic rings. The zero-order valence-corrected chi connectivity index (χ0v) is 28.2. The normalized spacial score (nSPS) is 16.6. The van der Waals surface area contributed by atoms with Crippen molar-refractivity contribution in [2.75, 3.05) is 49.9 Å². The summed E-state index contributed by atoms with van der Waals surface area (Å²) in [6.45, 7) is 5.43. The second kappa shape index (κ2) is 13.3. The molecule has 45 heavy (non-hydrogen) atoms. The SMILES string of the molecule is Cc1ccc2c(c1)[nH]c(=O)n2C1CCN(C(=O)N[C@H](Cc2cc(Br)c(N)c(Br)c2)C(=O)N2CCN(c3ccncc3)CC2)CC1. The van der Waals surface area contributed by atoms with Crippen molar-refractivity contribution in [2.24, 2.45) is 0 Å². The van der Waals surface area contributed by atoms with E-state index in [1.165, 1.54) is 0 Å². The van der Waals surface area contributed by atoms with Crippen molar-refractivity contribution in [3.05, 3.63) is 85.4 Å². The molecule has 1 atom stereocenters. The second-order valence-electron chi connectivity index (χ2n) is 11.7. The number of nitrogens with two attached hydrogens (primary N) is 1. The van der Waals surface area contributed by atoms with Gasteiger partial charge in [0.15, 0.2) is 0 Å². The van der Waals surface area contributed by atoms with E-state index in [4.69, 9.17) is 5.73 Å². The number of carbonyl (C=O) groups is 2. The number of nitrogen functional groups attached to an aromatic ring is 1. The number of hydrogen-bond acceptors (Lipinski definition) is 6. The number of anilines is 2. The topological polar surface area (TPSA) is 133 Å². The molecule has 236 valence electrons. The van der Waals surface area contributed by atoms with Crippen molar-refractivity contribution < 1.29 is 9.59 Å². The van der Waals surface area contributed by atoms with Gasteiger partial charge in [-0.2, -0.15) is 0 Å². The molecule has 4 aromatic rings. The zero-order chi connectivity index (χ0) is 31.7. The Morgan fingerprint density at radius 2 is 1.64 bits per heavy atom. The quantitative estimate of drug-likeness (QED) is 0.251. The molecule has 2 saturated heterocycles. The van der Waals surface area contributed by atoms with Gasteiger partial charge in [0.2, 0.25) is 5.91 Å². The number of benzene rings is 2. The van der Waals surface area contributed by atoms with E-state index in [1.807, 2.05) is 58.9 Å². The van der Waals surface area contributed by atoms with Crippen LogP contribution in [0.25, 0.3) is 11.0 Å². The third-order valence-electron chi connectivity index (χ3n) is 8.78. The fourth-order valence-electron chi connectivity index (χ4n) is 6.33. The summed E-state index contributed by atoms with van der Waals surface area (Å²) >= 11 is 7.01. The highest BCUT2D eigenvalue weighted by molar-refractivity contribution is 9.11. The van der Waals surface area contributed by atoms with Gasteiger partial charge in [-0.15, -0.1) is 0 Å². The van der Waals surface area contributed by atoms with Crippen LogP contribution in [0.3, 0.4) is 0 Å². The lowest BCUT2D eigenvalue weighted by molar-refractivity contribution is -0.133. The molecule has 2 aromatic heterocycles. The number of aromatic nitrogens is 3. The molecule has 6 rings (SSSR count). The Hall–Kier alpha value is -3.84.